The van der Waals surface area contributed by atoms with Gasteiger partial charge in [0, 0.05) is 16.4 Å². The molecule has 1 aromatic rings. The number of hydrogen-bond acceptors (Lipinski definition) is 1. The van der Waals surface area contributed by atoms with Gasteiger partial charge >= 0.3 is 0 Å². The fourth-order valence-corrected chi connectivity index (χ4v) is 1.12. The third-order valence-electron chi connectivity index (χ3n) is 1.73. The van der Waals surface area contributed by atoms with Crippen LogP contribution in [0.2, 0.25) is 0 Å². The van der Waals surface area contributed by atoms with E-state index in [1.54, 1.807) is 0 Å². The first-order chi connectivity index (χ1) is 5.06. The van der Waals surface area contributed by atoms with Crippen LogP contribution in [0.25, 0.3) is 0 Å². The normalized spacial score (nSPS) is 12.0. The van der Waals surface area contributed by atoms with Crippen LogP contribution in [0.15, 0.2) is 6.07 Å². The summed E-state index contributed by atoms with van der Waals surface area (Å²) in [5.74, 6) is 0. The Balaban J connectivity index is 2.92. The van der Waals surface area contributed by atoms with Gasteiger partial charge in [-0.05, 0) is 13.0 Å². The van der Waals surface area contributed by atoms with Gasteiger partial charge in [0.15, 0.2) is 0 Å². The predicted molar refractivity (Wildman–Crippen MR) is 50.1 cm³/mol. The average molecular weight is 217 g/mol. The molecule has 0 saturated carbocycles. The van der Waals surface area contributed by atoms with E-state index in [4.69, 9.17) is 0 Å². The number of aryl methyl sites for hydroxylation is 1. The zero-order valence-electron chi connectivity index (χ0n) is 7.11. The van der Waals surface area contributed by atoms with Gasteiger partial charge in [0.25, 0.3) is 0 Å². The lowest BCUT2D eigenvalue weighted by Crippen LogP contribution is -2.19. The standard InChI is InChI=1S/C8H13BrN2/c1-6-4-7(11-10-6)8(2,3)5-9/h4H,5H2,1-3H3,(H,10,11). The Labute approximate surface area is 75.5 Å². The Morgan fingerprint density at radius 3 is 2.64 bits per heavy atom. The van der Waals surface area contributed by atoms with Gasteiger partial charge in [-0.1, -0.05) is 29.8 Å². The average Bonchev–Trinajstić information content (AvgIpc) is 2.36. The summed E-state index contributed by atoms with van der Waals surface area (Å²) in [6.07, 6.45) is 0. The topological polar surface area (TPSA) is 28.7 Å². The molecule has 62 valence electrons. The van der Waals surface area contributed by atoms with Gasteiger partial charge in [-0.25, -0.2) is 0 Å². The van der Waals surface area contributed by atoms with E-state index in [2.05, 4.69) is 46.0 Å². The third-order valence-corrected chi connectivity index (χ3v) is 3.14. The van der Waals surface area contributed by atoms with Gasteiger partial charge in [-0.3, -0.25) is 5.10 Å². The molecular weight excluding hydrogens is 204 g/mol. The van der Waals surface area contributed by atoms with E-state index in [-0.39, 0.29) is 5.41 Å². The zero-order chi connectivity index (χ0) is 8.48. The van der Waals surface area contributed by atoms with E-state index in [9.17, 15) is 0 Å². The lowest BCUT2D eigenvalue weighted by atomic mass is 9.92. The molecule has 0 atom stereocenters. The summed E-state index contributed by atoms with van der Waals surface area (Å²) in [6.45, 7) is 6.34. The van der Waals surface area contributed by atoms with E-state index in [1.807, 2.05) is 6.92 Å². The Hall–Kier alpha value is -0.310. The summed E-state index contributed by atoms with van der Waals surface area (Å²) in [6, 6.07) is 2.08. The predicted octanol–water partition coefficient (Wildman–Crippen LogP) is 2.39. The molecule has 11 heavy (non-hydrogen) atoms. The highest BCUT2D eigenvalue weighted by Gasteiger charge is 2.21. The summed E-state index contributed by atoms with van der Waals surface area (Å²) in [5.41, 5.74) is 2.37. The molecule has 0 aliphatic carbocycles. The first-order valence-corrected chi connectivity index (χ1v) is 4.77. The second kappa shape index (κ2) is 2.97. The highest BCUT2D eigenvalue weighted by molar-refractivity contribution is 9.09. The molecule has 1 aromatic heterocycles. The van der Waals surface area contributed by atoms with Gasteiger partial charge in [0.2, 0.25) is 0 Å². The van der Waals surface area contributed by atoms with Crippen molar-refractivity contribution in [3.05, 3.63) is 17.5 Å². The first-order valence-electron chi connectivity index (χ1n) is 3.65. The smallest absolute Gasteiger partial charge is 0.0689 e. The molecule has 0 bridgehead atoms. The number of halogens is 1. The molecule has 0 aromatic carbocycles. The molecule has 0 fully saturated rings. The summed E-state index contributed by atoms with van der Waals surface area (Å²) in [5, 5.41) is 8.08. The van der Waals surface area contributed by atoms with Crippen molar-refractivity contribution in [2.24, 2.45) is 0 Å². The van der Waals surface area contributed by atoms with Crippen LogP contribution >= 0.6 is 15.9 Å². The maximum absolute atomic E-state index is 4.20. The van der Waals surface area contributed by atoms with Crippen LogP contribution in [0.1, 0.15) is 25.2 Å². The Morgan fingerprint density at radius 1 is 1.64 bits per heavy atom. The van der Waals surface area contributed by atoms with E-state index < -0.39 is 0 Å². The Morgan fingerprint density at radius 2 is 2.27 bits per heavy atom. The van der Waals surface area contributed by atoms with Crippen LogP contribution in [0.3, 0.4) is 0 Å². The van der Waals surface area contributed by atoms with E-state index in [0.717, 1.165) is 16.7 Å². The molecule has 3 heteroatoms. The molecule has 0 saturated heterocycles. The molecule has 0 spiro atoms. The monoisotopic (exact) mass is 216 g/mol. The van der Waals surface area contributed by atoms with Crippen LogP contribution in [-0.4, -0.2) is 15.5 Å². The Kier molecular flexibility index (Phi) is 2.37. The second-order valence-corrected chi connectivity index (χ2v) is 4.01. The maximum atomic E-state index is 4.20. The summed E-state index contributed by atoms with van der Waals surface area (Å²) >= 11 is 3.46. The number of aromatic nitrogens is 2. The number of alkyl halides is 1. The SMILES string of the molecule is Cc1cc(C(C)(C)CBr)n[nH]1. The lowest BCUT2D eigenvalue weighted by molar-refractivity contribution is 0.582. The van der Waals surface area contributed by atoms with Crippen molar-refractivity contribution in [3.63, 3.8) is 0 Å². The third kappa shape index (κ3) is 1.83. The number of rotatable bonds is 2. The van der Waals surface area contributed by atoms with Crippen LogP contribution in [-0.2, 0) is 5.41 Å². The van der Waals surface area contributed by atoms with Crippen molar-refractivity contribution in [2.75, 3.05) is 5.33 Å². The molecule has 0 radical (unpaired) electrons. The van der Waals surface area contributed by atoms with Crippen LogP contribution in [0.4, 0.5) is 0 Å². The van der Waals surface area contributed by atoms with Crippen LogP contribution < -0.4 is 0 Å². The van der Waals surface area contributed by atoms with E-state index in [1.165, 1.54) is 0 Å². The minimum Gasteiger partial charge on any atom is -0.283 e. The molecule has 0 unspecified atom stereocenters. The molecule has 1 heterocycles. The van der Waals surface area contributed by atoms with Gasteiger partial charge in [0.1, 0.15) is 0 Å². The van der Waals surface area contributed by atoms with Crippen molar-refractivity contribution in [1.82, 2.24) is 10.2 Å². The van der Waals surface area contributed by atoms with Crippen LogP contribution in [0.5, 0.6) is 0 Å². The minimum atomic E-state index is 0.130. The van der Waals surface area contributed by atoms with Crippen molar-refractivity contribution < 1.29 is 0 Å². The Bertz CT molecular complexity index is 240. The molecular formula is C8H13BrN2. The number of aromatic amines is 1. The minimum absolute atomic E-state index is 0.130. The van der Waals surface area contributed by atoms with Crippen molar-refractivity contribution in [1.29, 1.82) is 0 Å². The van der Waals surface area contributed by atoms with Gasteiger partial charge in [-0.2, -0.15) is 5.10 Å². The van der Waals surface area contributed by atoms with Crippen molar-refractivity contribution >= 4 is 15.9 Å². The number of H-pyrrole nitrogens is 1. The molecule has 0 amide bonds. The summed E-state index contributed by atoms with van der Waals surface area (Å²) < 4.78 is 0. The van der Waals surface area contributed by atoms with Crippen LogP contribution in [0, 0.1) is 6.92 Å². The maximum Gasteiger partial charge on any atom is 0.0689 e. The highest BCUT2D eigenvalue weighted by atomic mass is 79.9. The molecule has 0 aliphatic heterocycles. The highest BCUT2D eigenvalue weighted by Crippen LogP contribution is 2.23. The van der Waals surface area contributed by atoms with E-state index in [0.29, 0.717) is 0 Å². The number of nitrogens with one attached hydrogen (secondary N) is 1. The molecule has 2 nitrogen and oxygen atoms in total. The van der Waals surface area contributed by atoms with Crippen molar-refractivity contribution in [3.8, 4) is 0 Å². The fourth-order valence-electron chi connectivity index (χ4n) is 0.833. The molecule has 1 N–H and O–H groups in total. The first kappa shape index (κ1) is 8.78. The second-order valence-electron chi connectivity index (χ2n) is 3.45. The number of hydrogen-bond donors (Lipinski definition) is 1. The van der Waals surface area contributed by atoms with Gasteiger partial charge in [0.05, 0.1) is 5.69 Å². The zero-order valence-corrected chi connectivity index (χ0v) is 8.70. The van der Waals surface area contributed by atoms with Gasteiger partial charge < -0.3 is 0 Å². The molecule has 1 rings (SSSR count). The van der Waals surface area contributed by atoms with E-state index >= 15 is 0 Å². The molecule has 0 aliphatic rings. The summed E-state index contributed by atoms with van der Waals surface area (Å²) in [7, 11) is 0. The quantitative estimate of drug-likeness (QED) is 0.757. The number of nitrogens with zero attached hydrogens (tertiary/aromatic N) is 1. The van der Waals surface area contributed by atoms with Crippen molar-refractivity contribution in [2.45, 2.75) is 26.2 Å². The summed E-state index contributed by atoms with van der Waals surface area (Å²) in [4.78, 5) is 0. The fraction of sp³-hybridized carbons (Fsp3) is 0.625. The van der Waals surface area contributed by atoms with Gasteiger partial charge in [-0.15, -0.1) is 0 Å². The lowest BCUT2D eigenvalue weighted by Gasteiger charge is -2.17. The largest absolute Gasteiger partial charge is 0.283 e.